The summed E-state index contributed by atoms with van der Waals surface area (Å²) in [6, 6.07) is 17.4. The van der Waals surface area contributed by atoms with Gasteiger partial charge in [0.1, 0.15) is 11.8 Å². The first kappa shape index (κ1) is 34.6. The van der Waals surface area contributed by atoms with Crippen LogP contribution in [0.3, 0.4) is 0 Å². The van der Waals surface area contributed by atoms with Crippen molar-refractivity contribution in [3.63, 3.8) is 0 Å². The molecule has 2 unspecified atom stereocenters. The second-order valence-corrected chi connectivity index (χ2v) is 13.5. The third kappa shape index (κ3) is 10.4. The maximum absolute atomic E-state index is 13.0. The third-order valence-electron chi connectivity index (χ3n) is 6.40. The van der Waals surface area contributed by atoms with E-state index in [2.05, 4.69) is 31.9 Å². The average Bonchev–Trinajstić information content (AvgIpc) is 2.94. The van der Waals surface area contributed by atoms with Gasteiger partial charge in [0.2, 0.25) is 0 Å². The Kier molecular flexibility index (Phi) is 11.9. The summed E-state index contributed by atoms with van der Waals surface area (Å²) in [7, 11) is -3.66. The van der Waals surface area contributed by atoms with E-state index in [1.54, 1.807) is 39.5 Å². The Hall–Kier alpha value is -3.93. The summed E-state index contributed by atoms with van der Waals surface area (Å²) in [6.45, 7) is 9.00. The van der Waals surface area contributed by atoms with Gasteiger partial charge in [0.05, 0.1) is 39.7 Å². The molecule has 0 aliphatic carbocycles. The molecule has 0 amide bonds. The zero-order chi connectivity index (χ0) is 32.5. The number of nitrogens with zero attached hydrogens (tertiary/aromatic N) is 5. The van der Waals surface area contributed by atoms with E-state index in [9.17, 15) is 29.0 Å². The molecule has 1 aromatic heterocycles. The van der Waals surface area contributed by atoms with E-state index >= 15 is 0 Å². The Bertz CT molecular complexity index is 1560. The van der Waals surface area contributed by atoms with Crippen LogP contribution in [-0.2, 0) is 9.84 Å². The highest BCUT2D eigenvalue weighted by molar-refractivity contribution is 7.91. The molecule has 1 heterocycles. The Morgan fingerprint density at radius 2 is 1.68 bits per heavy atom. The van der Waals surface area contributed by atoms with Crippen LogP contribution < -0.4 is 10.6 Å². The fourth-order valence-corrected chi connectivity index (χ4v) is 5.71. The van der Waals surface area contributed by atoms with E-state index in [0.717, 1.165) is 5.69 Å². The first-order chi connectivity index (χ1) is 20.7. The van der Waals surface area contributed by atoms with Gasteiger partial charge in [0.15, 0.2) is 21.5 Å². The monoisotopic (exact) mass is 623 g/mol. The molecule has 12 nitrogen and oxygen atoms in total. The number of benzene rings is 2. The summed E-state index contributed by atoms with van der Waals surface area (Å²) in [5.74, 6) is 0.448. The Morgan fingerprint density at radius 1 is 1.02 bits per heavy atom. The molecule has 2 aromatic carbocycles. The maximum Gasteiger partial charge on any atom is 0.179 e. The Balaban J connectivity index is 1.85. The highest BCUT2D eigenvalue weighted by Gasteiger charge is 2.23. The van der Waals surface area contributed by atoms with Crippen LogP contribution in [0, 0.1) is 18.3 Å². The van der Waals surface area contributed by atoms with E-state index < -0.39 is 27.6 Å². The lowest BCUT2D eigenvalue weighted by Gasteiger charge is -2.29. The molecule has 13 heteroatoms. The van der Waals surface area contributed by atoms with Gasteiger partial charge in [-0.05, 0) is 71.0 Å². The normalized spacial score (nSPS) is 13.5. The molecule has 0 aliphatic heterocycles. The highest BCUT2D eigenvalue weighted by Crippen LogP contribution is 2.36. The summed E-state index contributed by atoms with van der Waals surface area (Å²) in [6.07, 6.45) is -1.35. The topological polar surface area (TPSA) is 184 Å². The van der Waals surface area contributed by atoms with E-state index in [-0.39, 0.29) is 42.4 Å². The smallest absolute Gasteiger partial charge is 0.179 e. The molecule has 0 bridgehead atoms. The van der Waals surface area contributed by atoms with E-state index in [0.29, 0.717) is 28.6 Å². The molecule has 236 valence electrons. The second-order valence-electron chi connectivity index (χ2n) is 11.4. The molecule has 5 N–H and O–H groups in total. The first-order valence-corrected chi connectivity index (χ1v) is 15.9. The zero-order valence-corrected chi connectivity index (χ0v) is 26.5. The highest BCUT2D eigenvalue weighted by atomic mass is 32.2. The third-order valence-corrected chi connectivity index (χ3v) is 8.11. The van der Waals surface area contributed by atoms with Crippen molar-refractivity contribution in [1.29, 1.82) is 5.26 Å². The van der Waals surface area contributed by atoms with Gasteiger partial charge < -0.3 is 26.0 Å². The minimum Gasteiger partial charge on any atom is -0.392 e. The molecule has 3 rings (SSSR count). The average molecular weight is 624 g/mol. The van der Waals surface area contributed by atoms with Gasteiger partial charge in [-0.2, -0.15) is 10.4 Å². The number of aromatic nitrogens is 1. The number of nitriles is 1. The molecular formula is C31H41N7O5S. The van der Waals surface area contributed by atoms with Crippen molar-refractivity contribution in [2.24, 2.45) is 10.2 Å². The number of sulfone groups is 1. The second kappa shape index (κ2) is 15.2. The van der Waals surface area contributed by atoms with Crippen molar-refractivity contribution < 1.29 is 23.7 Å². The number of pyridine rings is 1. The fraction of sp³-hybridized carbons (Fsp3) is 0.419. The number of hydrogen-bond acceptors (Lipinski definition) is 12. The largest absolute Gasteiger partial charge is 0.392 e. The van der Waals surface area contributed by atoms with Gasteiger partial charge in [-0.1, -0.05) is 18.2 Å². The van der Waals surface area contributed by atoms with Gasteiger partial charge in [-0.25, -0.2) is 13.4 Å². The van der Waals surface area contributed by atoms with Gasteiger partial charge >= 0.3 is 0 Å². The van der Waals surface area contributed by atoms with Crippen LogP contribution in [0.5, 0.6) is 0 Å². The number of azo groups is 1. The number of para-hydroxylation sites is 1. The molecule has 44 heavy (non-hydrogen) atoms. The summed E-state index contributed by atoms with van der Waals surface area (Å²) in [5.41, 5.74) is 1.19. The fourth-order valence-electron chi connectivity index (χ4n) is 4.42. The molecule has 0 saturated carbocycles. The molecule has 3 aromatic rings. The SMILES string of the molecule is Cc1c(C#N)c(Nc2ccccc2)nc(NCC(C)O)c1/N=N/c1ccc(S(=O)(=O)CCN(CC(C)O)CC(C)(C)O)cc1. The number of hydrogen-bond donors (Lipinski definition) is 5. The van der Waals surface area contributed by atoms with Crippen LogP contribution >= 0.6 is 0 Å². The molecule has 0 spiro atoms. The van der Waals surface area contributed by atoms with E-state index in [1.165, 1.54) is 24.3 Å². The summed E-state index contributed by atoms with van der Waals surface area (Å²) in [5, 5.41) is 54.6. The number of rotatable bonds is 15. The molecule has 0 aliphatic rings. The number of aliphatic hydroxyl groups is 3. The predicted molar refractivity (Wildman–Crippen MR) is 171 cm³/mol. The summed E-state index contributed by atoms with van der Waals surface area (Å²) < 4.78 is 26.1. The van der Waals surface area contributed by atoms with Crippen molar-refractivity contribution in [1.82, 2.24) is 9.88 Å². The molecular weight excluding hydrogens is 582 g/mol. The number of aliphatic hydroxyl groups excluding tert-OH is 2. The standard InChI is InChI=1S/C31H41N7O5S/c1-21(39)18-33-30-28(23(3)27(17-32)29(35-30)34-24-9-7-6-8-10-24)37-36-25-11-13-26(14-12-25)44(42,43)16-15-38(19-22(2)40)20-31(4,5)41/h6-14,21-22,39-41H,15-16,18-20H2,1-5H3,(H2,33,34,35)/b37-36+. The Labute approximate surface area is 259 Å². The minimum atomic E-state index is -3.66. The van der Waals surface area contributed by atoms with Crippen molar-refractivity contribution in [2.45, 2.75) is 57.3 Å². The summed E-state index contributed by atoms with van der Waals surface area (Å²) >= 11 is 0. The van der Waals surface area contributed by atoms with Gasteiger partial charge in [-0.3, -0.25) is 4.90 Å². The zero-order valence-electron chi connectivity index (χ0n) is 25.7. The quantitative estimate of drug-likeness (QED) is 0.152. The van der Waals surface area contributed by atoms with Crippen molar-refractivity contribution >= 4 is 38.5 Å². The van der Waals surface area contributed by atoms with Gasteiger partial charge in [0.25, 0.3) is 0 Å². The van der Waals surface area contributed by atoms with E-state index in [1.807, 2.05) is 30.3 Å². The number of anilines is 3. The van der Waals surface area contributed by atoms with Crippen molar-refractivity contribution in [2.75, 3.05) is 42.6 Å². The lowest BCUT2D eigenvalue weighted by Crippen LogP contribution is -2.43. The van der Waals surface area contributed by atoms with Crippen LogP contribution in [0.15, 0.2) is 69.7 Å². The predicted octanol–water partition coefficient (Wildman–Crippen LogP) is 4.44. The van der Waals surface area contributed by atoms with Crippen LogP contribution in [-0.4, -0.2) is 83.4 Å². The number of nitrogens with one attached hydrogen (secondary N) is 2. The van der Waals surface area contributed by atoms with Crippen LogP contribution in [0.2, 0.25) is 0 Å². The molecule has 2 atom stereocenters. The Morgan fingerprint density at radius 3 is 2.25 bits per heavy atom. The van der Waals surface area contributed by atoms with Crippen LogP contribution in [0.4, 0.5) is 28.7 Å². The minimum absolute atomic E-state index is 0.108. The van der Waals surface area contributed by atoms with Crippen LogP contribution in [0.25, 0.3) is 0 Å². The van der Waals surface area contributed by atoms with Crippen molar-refractivity contribution in [3.8, 4) is 6.07 Å². The molecule has 0 radical (unpaired) electrons. The van der Waals surface area contributed by atoms with Crippen molar-refractivity contribution in [3.05, 3.63) is 65.7 Å². The van der Waals surface area contributed by atoms with E-state index in [4.69, 9.17) is 0 Å². The lowest BCUT2D eigenvalue weighted by atomic mass is 10.1. The maximum atomic E-state index is 13.0. The van der Waals surface area contributed by atoms with Gasteiger partial charge in [-0.15, -0.1) is 5.11 Å². The van der Waals surface area contributed by atoms with Gasteiger partial charge in [0, 0.05) is 37.4 Å². The van der Waals surface area contributed by atoms with Crippen LogP contribution in [0.1, 0.15) is 38.8 Å². The molecule has 0 saturated heterocycles. The first-order valence-electron chi connectivity index (χ1n) is 14.2. The summed E-state index contributed by atoms with van der Waals surface area (Å²) in [4.78, 5) is 6.41. The molecule has 0 fully saturated rings. The lowest BCUT2D eigenvalue weighted by molar-refractivity contribution is 0.0236.